The van der Waals surface area contributed by atoms with Gasteiger partial charge in [0.15, 0.2) is 6.61 Å². The molecule has 0 atom stereocenters. The molecule has 0 fully saturated rings. The Kier molecular flexibility index (Phi) is 6.67. The van der Waals surface area contributed by atoms with Crippen LogP contribution in [0.1, 0.15) is 10.4 Å². The maximum atomic E-state index is 12.1. The molecule has 1 amide bonds. The van der Waals surface area contributed by atoms with Gasteiger partial charge in [0, 0.05) is 19.8 Å². The maximum Gasteiger partial charge on any atom is 0.338 e. The molecule has 2 aromatic carbocycles. The van der Waals surface area contributed by atoms with E-state index < -0.39 is 28.5 Å². The molecule has 0 aromatic heterocycles. The average Bonchev–Trinajstić information content (AvgIpc) is 2.71. The van der Waals surface area contributed by atoms with E-state index in [2.05, 4.69) is 4.84 Å². The van der Waals surface area contributed by atoms with E-state index in [1.54, 1.807) is 31.3 Å². The first-order valence-corrected chi connectivity index (χ1v) is 9.33. The van der Waals surface area contributed by atoms with Gasteiger partial charge >= 0.3 is 5.97 Å². The van der Waals surface area contributed by atoms with Crippen LogP contribution < -0.4 is 4.90 Å². The quantitative estimate of drug-likeness (QED) is 0.526. The molecule has 0 aliphatic rings. The van der Waals surface area contributed by atoms with Crippen LogP contribution in [0.4, 0.5) is 5.69 Å². The Bertz CT molecular complexity index is 897. The topological polar surface area (TPSA) is 93.2 Å². The van der Waals surface area contributed by atoms with E-state index in [1.807, 2.05) is 6.07 Å². The first-order valence-electron chi connectivity index (χ1n) is 7.89. The molecule has 0 bridgehead atoms. The van der Waals surface area contributed by atoms with Gasteiger partial charge in [-0.3, -0.25) is 9.63 Å². The Hall–Kier alpha value is -2.75. The predicted octanol–water partition coefficient (Wildman–Crippen LogP) is 1.69. The van der Waals surface area contributed by atoms with Gasteiger partial charge in [-0.1, -0.05) is 22.7 Å². The van der Waals surface area contributed by atoms with E-state index in [4.69, 9.17) is 4.74 Å². The monoisotopic (exact) mass is 392 g/mol. The fourth-order valence-electron chi connectivity index (χ4n) is 2.11. The third-order valence-electron chi connectivity index (χ3n) is 3.83. The molecule has 2 aromatic rings. The number of hydroxylamine groups is 1. The fourth-order valence-corrected chi connectivity index (χ4v) is 3.09. The van der Waals surface area contributed by atoms with Crippen molar-refractivity contribution in [2.24, 2.45) is 0 Å². The summed E-state index contributed by atoms with van der Waals surface area (Å²) in [4.78, 5) is 30.2. The summed E-state index contributed by atoms with van der Waals surface area (Å²) in [6.07, 6.45) is 0. The summed E-state index contributed by atoms with van der Waals surface area (Å²) >= 11 is 0. The van der Waals surface area contributed by atoms with Gasteiger partial charge in [-0.05, 0) is 36.4 Å². The normalized spacial score (nSPS) is 11.3. The second kappa shape index (κ2) is 8.76. The SMILES string of the molecule is CON(C)S(=O)(=O)c1ccc(C(=O)OCC(=O)N(C)c2ccccc2)cc1. The molecule has 9 heteroatoms. The van der Waals surface area contributed by atoms with Crippen molar-refractivity contribution in [1.82, 2.24) is 4.47 Å². The average molecular weight is 392 g/mol. The Morgan fingerprint density at radius 2 is 1.56 bits per heavy atom. The number of ether oxygens (including phenoxy) is 1. The van der Waals surface area contributed by atoms with E-state index in [0.29, 0.717) is 10.2 Å². The third-order valence-corrected chi connectivity index (χ3v) is 5.52. The summed E-state index contributed by atoms with van der Waals surface area (Å²) in [5.41, 5.74) is 0.805. The summed E-state index contributed by atoms with van der Waals surface area (Å²) in [6, 6.07) is 14.1. The summed E-state index contributed by atoms with van der Waals surface area (Å²) < 4.78 is 29.9. The van der Waals surface area contributed by atoms with Gasteiger partial charge in [0.1, 0.15) is 0 Å². The van der Waals surface area contributed by atoms with Crippen molar-refractivity contribution >= 4 is 27.6 Å². The van der Waals surface area contributed by atoms with Gasteiger partial charge in [0.2, 0.25) is 0 Å². The van der Waals surface area contributed by atoms with Crippen molar-refractivity contribution < 1.29 is 27.6 Å². The molecule has 0 N–H and O–H groups in total. The van der Waals surface area contributed by atoms with Crippen LogP contribution in [0.25, 0.3) is 0 Å². The van der Waals surface area contributed by atoms with Crippen LogP contribution in [-0.2, 0) is 24.4 Å². The molecule has 8 nitrogen and oxygen atoms in total. The van der Waals surface area contributed by atoms with Crippen LogP contribution in [0, 0.1) is 0 Å². The van der Waals surface area contributed by atoms with Crippen molar-refractivity contribution in [3.05, 3.63) is 60.2 Å². The summed E-state index contributed by atoms with van der Waals surface area (Å²) in [7, 11) is 0.265. The summed E-state index contributed by atoms with van der Waals surface area (Å²) in [5, 5.41) is 0. The molecule has 0 unspecified atom stereocenters. The molecule has 0 aliphatic carbocycles. The smallest absolute Gasteiger partial charge is 0.338 e. The molecule has 2 rings (SSSR count). The molecule has 0 spiro atoms. The highest BCUT2D eigenvalue weighted by Crippen LogP contribution is 2.16. The summed E-state index contributed by atoms with van der Waals surface area (Å²) in [5.74, 6) is -1.12. The number of nitrogens with zero attached hydrogens (tertiary/aromatic N) is 2. The highest BCUT2D eigenvalue weighted by Gasteiger charge is 2.21. The first kappa shape index (κ1) is 20.6. The number of anilines is 1. The number of carbonyl (C=O) groups excluding carboxylic acids is 2. The van der Waals surface area contributed by atoms with E-state index in [1.165, 1.54) is 43.3 Å². The lowest BCUT2D eigenvalue weighted by Crippen LogP contribution is -2.31. The number of rotatable bonds is 7. The minimum atomic E-state index is -3.80. The van der Waals surface area contributed by atoms with Gasteiger partial charge in [-0.15, -0.1) is 0 Å². The number of hydrogen-bond donors (Lipinski definition) is 0. The number of benzene rings is 2. The zero-order valence-electron chi connectivity index (χ0n) is 15.2. The van der Waals surface area contributed by atoms with Crippen LogP contribution in [0.15, 0.2) is 59.5 Å². The van der Waals surface area contributed by atoms with Crippen LogP contribution in [0.2, 0.25) is 0 Å². The number of esters is 1. The van der Waals surface area contributed by atoms with Gasteiger partial charge in [0.25, 0.3) is 15.9 Å². The number of sulfonamides is 1. The molecular weight excluding hydrogens is 372 g/mol. The summed E-state index contributed by atoms with van der Waals surface area (Å²) in [6.45, 7) is -0.434. The van der Waals surface area contributed by atoms with Crippen LogP contribution in [0.3, 0.4) is 0 Å². The predicted molar refractivity (Wildman–Crippen MR) is 98.5 cm³/mol. The first-order chi connectivity index (χ1) is 12.8. The lowest BCUT2D eigenvalue weighted by molar-refractivity contribution is -0.121. The van der Waals surface area contributed by atoms with E-state index in [-0.39, 0.29) is 10.5 Å². The number of para-hydroxylation sites is 1. The highest BCUT2D eigenvalue weighted by molar-refractivity contribution is 7.89. The fraction of sp³-hybridized carbons (Fsp3) is 0.222. The Balaban J connectivity index is 1.99. The van der Waals surface area contributed by atoms with E-state index in [9.17, 15) is 18.0 Å². The van der Waals surface area contributed by atoms with Crippen molar-refractivity contribution in [2.45, 2.75) is 4.90 Å². The van der Waals surface area contributed by atoms with Crippen molar-refractivity contribution in [2.75, 3.05) is 32.7 Å². The minimum Gasteiger partial charge on any atom is -0.452 e. The second-order valence-electron chi connectivity index (χ2n) is 5.49. The molecular formula is C18H20N2O6S. The zero-order valence-corrected chi connectivity index (χ0v) is 16.0. The van der Waals surface area contributed by atoms with Gasteiger partial charge in [-0.25, -0.2) is 13.2 Å². The van der Waals surface area contributed by atoms with E-state index in [0.717, 1.165) is 0 Å². The lowest BCUT2D eigenvalue weighted by atomic mass is 10.2. The van der Waals surface area contributed by atoms with Gasteiger partial charge < -0.3 is 9.64 Å². The molecule has 0 saturated heterocycles. The third kappa shape index (κ3) is 4.91. The zero-order chi connectivity index (χ0) is 20.0. The molecule has 27 heavy (non-hydrogen) atoms. The molecule has 0 radical (unpaired) electrons. The van der Waals surface area contributed by atoms with E-state index >= 15 is 0 Å². The standard InChI is InChI=1S/C18H20N2O6S/c1-19(15-7-5-4-6-8-15)17(21)13-26-18(22)14-9-11-16(12-10-14)27(23,24)20(2)25-3/h4-12H,13H2,1-3H3. The Morgan fingerprint density at radius 1 is 0.963 bits per heavy atom. The Labute approximate surface area is 157 Å². The number of hydrogen-bond acceptors (Lipinski definition) is 6. The lowest BCUT2D eigenvalue weighted by Gasteiger charge is -2.17. The van der Waals surface area contributed by atoms with Crippen LogP contribution >= 0.6 is 0 Å². The molecule has 0 saturated carbocycles. The Morgan fingerprint density at radius 3 is 2.11 bits per heavy atom. The molecule has 0 aliphatic heterocycles. The number of likely N-dealkylation sites (N-methyl/N-ethyl adjacent to an activating group) is 1. The van der Waals surface area contributed by atoms with Gasteiger partial charge in [0.05, 0.1) is 17.6 Å². The van der Waals surface area contributed by atoms with Crippen molar-refractivity contribution in [3.8, 4) is 0 Å². The number of amides is 1. The highest BCUT2D eigenvalue weighted by atomic mass is 32.2. The minimum absolute atomic E-state index is 0.0386. The molecule has 0 heterocycles. The van der Waals surface area contributed by atoms with Crippen molar-refractivity contribution in [3.63, 3.8) is 0 Å². The molecule has 144 valence electrons. The number of carbonyl (C=O) groups is 2. The maximum absolute atomic E-state index is 12.1. The van der Waals surface area contributed by atoms with Crippen LogP contribution in [-0.4, -0.2) is 52.6 Å². The van der Waals surface area contributed by atoms with Crippen LogP contribution in [0.5, 0.6) is 0 Å². The van der Waals surface area contributed by atoms with Crippen molar-refractivity contribution in [1.29, 1.82) is 0 Å². The van der Waals surface area contributed by atoms with Gasteiger partial charge in [-0.2, -0.15) is 0 Å². The largest absolute Gasteiger partial charge is 0.452 e. The second-order valence-corrected chi connectivity index (χ2v) is 7.42.